The summed E-state index contributed by atoms with van der Waals surface area (Å²) in [5.41, 5.74) is 0.801. The number of hydrogen-bond donors (Lipinski definition) is 3. The van der Waals surface area contributed by atoms with Crippen LogP contribution < -0.4 is 16.0 Å². The molecule has 3 N–H and O–H groups in total. The fourth-order valence-corrected chi connectivity index (χ4v) is 2.55. The van der Waals surface area contributed by atoms with E-state index in [9.17, 15) is 18.0 Å². The van der Waals surface area contributed by atoms with Crippen molar-refractivity contribution < 1.29 is 18.0 Å². The molecule has 2 amide bonds. The minimum absolute atomic E-state index is 0.126. The maximum atomic E-state index is 11.9. The average Bonchev–Trinajstić information content (AvgIpc) is 2.45. The molecule has 1 aromatic rings. The SMILES string of the molecule is CS(=O)(=O)c1ccc(CNC(=O)C2CNC(=O)CN2)cc1. The molecule has 114 valence electrons. The van der Waals surface area contributed by atoms with E-state index in [1.54, 1.807) is 12.1 Å². The van der Waals surface area contributed by atoms with E-state index in [1.165, 1.54) is 12.1 Å². The first-order chi connectivity index (χ1) is 9.86. The van der Waals surface area contributed by atoms with E-state index in [2.05, 4.69) is 16.0 Å². The number of rotatable bonds is 4. The number of sulfone groups is 1. The minimum atomic E-state index is -3.21. The molecule has 1 heterocycles. The summed E-state index contributed by atoms with van der Waals surface area (Å²) in [5, 5.41) is 8.18. The molecule has 1 fully saturated rings. The smallest absolute Gasteiger partial charge is 0.239 e. The maximum Gasteiger partial charge on any atom is 0.239 e. The first-order valence-corrected chi connectivity index (χ1v) is 8.32. The van der Waals surface area contributed by atoms with Gasteiger partial charge in [-0.25, -0.2) is 8.42 Å². The van der Waals surface area contributed by atoms with Crippen LogP contribution in [0, 0.1) is 0 Å². The summed E-state index contributed by atoms with van der Waals surface area (Å²) >= 11 is 0. The summed E-state index contributed by atoms with van der Waals surface area (Å²) in [5.74, 6) is -0.336. The van der Waals surface area contributed by atoms with Crippen molar-refractivity contribution in [3.63, 3.8) is 0 Å². The van der Waals surface area contributed by atoms with Crippen molar-refractivity contribution >= 4 is 21.7 Å². The van der Waals surface area contributed by atoms with Crippen molar-refractivity contribution in [1.29, 1.82) is 0 Å². The van der Waals surface area contributed by atoms with Crippen LogP contribution in [0.15, 0.2) is 29.2 Å². The fraction of sp³-hybridized carbons (Fsp3) is 0.385. The third-order valence-corrected chi connectivity index (χ3v) is 4.28. The van der Waals surface area contributed by atoms with E-state index in [-0.39, 0.29) is 29.8 Å². The lowest BCUT2D eigenvalue weighted by atomic mass is 10.2. The van der Waals surface area contributed by atoms with Crippen molar-refractivity contribution in [3.05, 3.63) is 29.8 Å². The van der Waals surface area contributed by atoms with Gasteiger partial charge in [0.1, 0.15) is 6.04 Å². The van der Waals surface area contributed by atoms with Gasteiger partial charge < -0.3 is 10.6 Å². The van der Waals surface area contributed by atoms with Crippen LogP contribution in [-0.4, -0.2) is 45.6 Å². The first-order valence-electron chi connectivity index (χ1n) is 6.43. The van der Waals surface area contributed by atoms with Crippen LogP contribution in [0.25, 0.3) is 0 Å². The summed E-state index contributed by atoms with van der Waals surface area (Å²) < 4.78 is 22.7. The quantitative estimate of drug-likeness (QED) is 0.647. The van der Waals surface area contributed by atoms with Crippen molar-refractivity contribution in [1.82, 2.24) is 16.0 Å². The molecule has 1 saturated heterocycles. The second-order valence-electron chi connectivity index (χ2n) is 4.87. The van der Waals surface area contributed by atoms with Crippen molar-refractivity contribution in [2.45, 2.75) is 17.5 Å². The third-order valence-electron chi connectivity index (χ3n) is 3.15. The summed E-state index contributed by atoms with van der Waals surface area (Å²) in [6.07, 6.45) is 1.15. The van der Waals surface area contributed by atoms with Gasteiger partial charge in [0.15, 0.2) is 9.84 Å². The highest BCUT2D eigenvalue weighted by Gasteiger charge is 2.23. The molecule has 0 aliphatic carbocycles. The largest absolute Gasteiger partial charge is 0.353 e. The number of carbonyl (C=O) groups is 2. The normalized spacial score (nSPS) is 18.9. The van der Waals surface area contributed by atoms with Crippen LogP contribution in [0.5, 0.6) is 0 Å². The lowest BCUT2D eigenvalue weighted by molar-refractivity contribution is -0.126. The second kappa shape index (κ2) is 6.23. The zero-order valence-corrected chi connectivity index (χ0v) is 12.4. The molecule has 0 radical (unpaired) electrons. The van der Waals surface area contributed by atoms with Gasteiger partial charge in [0.2, 0.25) is 11.8 Å². The Morgan fingerprint density at radius 3 is 2.52 bits per heavy atom. The van der Waals surface area contributed by atoms with Gasteiger partial charge in [-0.2, -0.15) is 0 Å². The topological polar surface area (TPSA) is 104 Å². The molecule has 1 aromatic carbocycles. The first kappa shape index (κ1) is 15.5. The standard InChI is InChI=1S/C13H17N3O4S/c1-21(19,20)10-4-2-9(3-5-10)6-16-13(18)11-7-15-12(17)8-14-11/h2-5,11,14H,6-8H2,1H3,(H,15,17)(H,16,18). The zero-order chi connectivity index (χ0) is 15.5. The Morgan fingerprint density at radius 2 is 2.00 bits per heavy atom. The molecule has 0 spiro atoms. The van der Waals surface area contributed by atoms with Gasteiger partial charge in [-0.1, -0.05) is 12.1 Å². The maximum absolute atomic E-state index is 11.9. The highest BCUT2D eigenvalue weighted by atomic mass is 32.2. The van der Waals surface area contributed by atoms with Gasteiger partial charge in [0.05, 0.1) is 11.4 Å². The molecule has 21 heavy (non-hydrogen) atoms. The van der Waals surface area contributed by atoms with Gasteiger partial charge in [-0.05, 0) is 17.7 Å². The molecule has 0 aromatic heterocycles. The molecule has 2 rings (SSSR count). The Bertz CT molecular complexity index is 630. The summed E-state index contributed by atoms with van der Waals surface area (Å²) in [4.78, 5) is 23.1. The van der Waals surface area contributed by atoms with Crippen molar-refractivity contribution in [2.24, 2.45) is 0 Å². The molecule has 1 aliphatic heterocycles. The number of carbonyl (C=O) groups excluding carboxylic acids is 2. The summed E-state index contributed by atoms with van der Waals surface area (Å²) in [7, 11) is -3.21. The number of nitrogens with one attached hydrogen (secondary N) is 3. The predicted octanol–water partition coefficient (Wildman–Crippen LogP) is -1.21. The number of piperazine rings is 1. The summed E-state index contributed by atoms with van der Waals surface area (Å²) in [6, 6.07) is 5.89. The molecule has 1 unspecified atom stereocenters. The van der Waals surface area contributed by atoms with Gasteiger partial charge in [0.25, 0.3) is 0 Å². The zero-order valence-electron chi connectivity index (χ0n) is 11.5. The molecule has 7 nitrogen and oxygen atoms in total. The Hall–Kier alpha value is -1.93. The van der Waals surface area contributed by atoms with E-state index >= 15 is 0 Å². The molecule has 0 saturated carbocycles. The molecule has 1 atom stereocenters. The van der Waals surface area contributed by atoms with Crippen LogP contribution in [0.4, 0.5) is 0 Å². The van der Waals surface area contributed by atoms with Crippen LogP contribution in [-0.2, 0) is 26.0 Å². The van der Waals surface area contributed by atoms with E-state index in [1.807, 2.05) is 0 Å². The van der Waals surface area contributed by atoms with Gasteiger partial charge >= 0.3 is 0 Å². The van der Waals surface area contributed by atoms with Crippen LogP contribution in [0.1, 0.15) is 5.56 Å². The number of hydrogen-bond acceptors (Lipinski definition) is 5. The molecular formula is C13H17N3O4S. The lowest BCUT2D eigenvalue weighted by Gasteiger charge is -2.23. The van der Waals surface area contributed by atoms with Crippen LogP contribution in [0.3, 0.4) is 0 Å². The van der Waals surface area contributed by atoms with E-state index in [0.717, 1.165) is 11.8 Å². The van der Waals surface area contributed by atoms with Gasteiger partial charge in [-0.3, -0.25) is 14.9 Å². The minimum Gasteiger partial charge on any atom is -0.353 e. The van der Waals surface area contributed by atoms with Crippen LogP contribution >= 0.6 is 0 Å². The monoisotopic (exact) mass is 311 g/mol. The highest BCUT2D eigenvalue weighted by Crippen LogP contribution is 2.10. The van der Waals surface area contributed by atoms with E-state index < -0.39 is 15.9 Å². The average molecular weight is 311 g/mol. The van der Waals surface area contributed by atoms with Gasteiger partial charge in [-0.15, -0.1) is 0 Å². The molecule has 8 heteroatoms. The van der Waals surface area contributed by atoms with Crippen LogP contribution in [0.2, 0.25) is 0 Å². The highest BCUT2D eigenvalue weighted by molar-refractivity contribution is 7.90. The Balaban J connectivity index is 1.88. The predicted molar refractivity (Wildman–Crippen MR) is 76.2 cm³/mol. The van der Waals surface area contributed by atoms with E-state index in [4.69, 9.17) is 0 Å². The lowest BCUT2D eigenvalue weighted by Crippen LogP contribution is -2.57. The number of amides is 2. The van der Waals surface area contributed by atoms with E-state index in [0.29, 0.717) is 6.54 Å². The van der Waals surface area contributed by atoms with Crippen molar-refractivity contribution in [2.75, 3.05) is 19.3 Å². The molecule has 0 bridgehead atoms. The molecule has 1 aliphatic rings. The number of benzene rings is 1. The Kier molecular flexibility index (Phi) is 4.59. The molecular weight excluding hydrogens is 294 g/mol. The van der Waals surface area contributed by atoms with Gasteiger partial charge in [0, 0.05) is 19.3 Å². The third kappa shape index (κ3) is 4.27. The second-order valence-corrected chi connectivity index (χ2v) is 6.89. The Labute approximate surface area is 123 Å². The Morgan fingerprint density at radius 1 is 1.33 bits per heavy atom. The summed E-state index contributed by atoms with van der Waals surface area (Å²) in [6.45, 7) is 0.688. The van der Waals surface area contributed by atoms with Crippen molar-refractivity contribution in [3.8, 4) is 0 Å². The fourth-order valence-electron chi connectivity index (χ4n) is 1.92.